The van der Waals surface area contributed by atoms with Gasteiger partial charge in [0.2, 0.25) is 0 Å². The van der Waals surface area contributed by atoms with Crippen LogP contribution in [0.2, 0.25) is 19.6 Å². The molecule has 8 rings (SSSR count). The molecule has 3 heterocycles. The second-order valence-corrected chi connectivity index (χ2v) is 19.9. The van der Waals surface area contributed by atoms with E-state index in [2.05, 4.69) is 122 Å². The quantitative estimate of drug-likeness (QED) is 0.100. The maximum Gasteiger partial charge on any atom is 0.0798 e. The van der Waals surface area contributed by atoms with Gasteiger partial charge in [-0.1, -0.05) is 110 Å². The molecular formula is C44H40IrN2SSi-2. The normalized spacial score (nSPS) is 12.1. The van der Waals surface area contributed by atoms with E-state index in [1.807, 2.05) is 67.8 Å². The fraction of sp³-hybridized carbons (Fsp3) is 0.182. The van der Waals surface area contributed by atoms with E-state index in [9.17, 15) is 0 Å². The van der Waals surface area contributed by atoms with Gasteiger partial charge in [0.05, 0.1) is 8.07 Å². The van der Waals surface area contributed by atoms with Crippen LogP contribution in [0.4, 0.5) is 0 Å². The van der Waals surface area contributed by atoms with Gasteiger partial charge in [-0.3, -0.25) is 0 Å². The minimum Gasteiger partial charge on any atom is -0.305 e. The predicted octanol–water partition coefficient (Wildman–Crippen LogP) is 12.1. The minimum atomic E-state index is -1.27. The molecule has 3 aromatic heterocycles. The molecule has 49 heavy (non-hydrogen) atoms. The van der Waals surface area contributed by atoms with Crippen LogP contribution in [0.1, 0.15) is 37.8 Å². The van der Waals surface area contributed by atoms with Crippen molar-refractivity contribution in [3.8, 4) is 22.5 Å². The summed E-state index contributed by atoms with van der Waals surface area (Å²) in [6.07, 6.45) is 3.86. The van der Waals surface area contributed by atoms with Crippen LogP contribution < -0.4 is 5.19 Å². The molecule has 1 radical (unpaired) electrons. The summed E-state index contributed by atoms with van der Waals surface area (Å²) in [5, 5.41) is 9.12. The summed E-state index contributed by atoms with van der Waals surface area (Å²) in [4.78, 5) is 9.23. The van der Waals surface area contributed by atoms with Crippen LogP contribution in [0.3, 0.4) is 0 Å². The van der Waals surface area contributed by atoms with Crippen molar-refractivity contribution in [2.24, 2.45) is 0 Å². The number of aromatic nitrogens is 2. The summed E-state index contributed by atoms with van der Waals surface area (Å²) < 4.78 is 10.9. The fourth-order valence-corrected chi connectivity index (χ4v) is 9.61. The Bertz CT molecular complexity index is 2490. The van der Waals surface area contributed by atoms with Crippen molar-refractivity contribution in [3.05, 3.63) is 138 Å². The molecule has 0 unspecified atom stereocenters. The van der Waals surface area contributed by atoms with Gasteiger partial charge in [-0.05, 0) is 74.0 Å². The largest absolute Gasteiger partial charge is 0.305 e. The maximum atomic E-state index is 8.42. The van der Waals surface area contributed by atoms with E-state index in [0.29, 0.717) is 0 Å². The van der Waals surface area contributed by atoms with Crippen LogP contribution in [0.5, 0.6) is 0 Å². The molecule has 0 fully saturated rings. The molecule has 0 saturated carbocycles. The number of nitrogens with zero attached hydrogens (tertiary/aromatic N) is 2. The Morgan fingerprint density at radius 2 is 1.45 bits per heavy atom. The molecular weight excluding hydrogens is 809 g/mol. The third-order valence-electron chi connectivity index (χ3n) is 9.06. The number of thiophene rings is 1. The number of fused-ring (bicyclic) bond motifs is 7. The van der Waals surface area contributed by atoms with Crippen LogP contribution in [-0.2, 0) is 20.1 Å². The van der Waals surface area contributed by atoms with E-state index in [1.54, 1.807) is 0 Å². The van der Waals surface area contributed by atoms with Crippen molar-refractivity contribution in [2.75, 3.05) is 0 Å². The molecule has 5 heteroatoms. The molecule has 0 N–H and O–H groups in total. The zero-order chi connectivity index (χ0) is 34.5. The molecule has 247 valence electrons. The summed E-state index contributed by atoms with van der Waals surface area (Å²) in [6, 6.07) is 40.7. The first-order valence-electron chi connectivity index (χ1n) is 17.0. The first kappa shape index (κ1) is 33.5. The first-order chi connectivity index (χ1) is 23.4. The van der Waals surface area contributed by atoms with Gasteiger partial charge in [-0.25, -0.2) is 0 Å². The Labute approximate surface area is 310 Å². The van der Waals surface area contributed by atoms with Crippen molar-refractivity contribution in [3.63, 3.8) is 0 Å². The number of hydrogen-bond donors (Lipinski definition) is 0. The van der Waals surface area contributed by atoms with Crippen LogP contribution in [-0.4, -0.2) is 18.0 Å². The summed E-state index contributed by atoms with van der Waals surface area (Å²) in [7, 11) is -1.27. The van der Waals surface area contributed by atoms with Gasteiger partial charge in [-0.15, -0.1) is 59.7 Å². The van der Waals surface area contributed by atoms with Gasteiger partial charge in [0.25, 0.3) is 0 Å². The third kappa shape index (κ3) is 6.91. The van der Waals surface area contributed by atoms with E-state index in [-0.39, 0.29) is 20.1 Å². The zero-order valence-electron chi connectivity index (χ0n) is 30.0. The SMILES string of the molecule is Cc1cc(-c2[c-]cccc2)ncc1[Si](C)(C)C.[2H]C(C)(C)c1ccnc(-c2[c-]ccc3c2sc2c3ccc3c4ccc(C)cc4ccc32)c1.[Ir]. The van der Waals surface area contributed by atoms with E-state index in [1.165, 1.54) is 58.0 Å². The van der Waals surface area contributed by atoms with E-state index in [4.69, 9.17) is 1.37 Å². The zero-order valence-corrected chi connectivity index (χ0v) is 33.2. The van der Waals surface area contributed by atoms with Gasteiger partial charge in [-0.2, -0.15) is 11.3 Å². The summed E-state index contributed by atoms with van der Waals surface area (Å²) >= 11 is 1.82. The van der Waals surface area contributed by atoms with Crippen molar-refractivity contribution in [1.82, 2.24) is 9.97 Å². The smallest absolute Gasteiger partial charge is 0.0798 e. The van der Waals surface area contributed by atoms with Crippen LogP contribution in [0.25, 0.3) is 64.2 Å². The van der Waals surface area contributed by atoms with Gasteiger partial charge >= 0.3 is 0 Å². The molecule has 0 spiro atoms. The molecule has 8 aromatic rings. The van der Waals surface area contributed by atoms with E-state index >= 15 is 0 Å². The Morgan fingerprint density at radius 3 is 2.18 bits per heavy atom. The van der Waals surface area contributed by atoms with Gasteiger partial charge in [0.15, 0.2) is 0 Å². The van der Waals surface area contributed by atoms with Crippen molar-refractivity contribution < 1.29 is 21.5 Å². The van der Waals surface area contributed by atoms with Crippen LogP contribution >= 0.6 is 11.3 Å². The molecule has 2 nitrogen and oxygen atoms in total. The van der Waals surface area contributed by atoms with Crippen LogP contribution in [0.15, 0.2) is 109 Å². The summed E-state index contributed by atoms with van der Waals surface area (Å²) in [6.45, 7) is 15.2. The van der Waals surface area contributed by atoms with E-state index < -0.39 is 14.0 Å². The van der Waals surface area contributed by atoms with E-state index in [0.717, 1.165) is 28.1 Å². The van der Waals surface area contributed by atoms with Crippen molar-refractivity contribution >= 4 is 66.3 Å². The number of hydrogen-bond acceptors (Lipinski definition) is 3. The average molecular weight is 850 g/mol. The summed E-state index contributed by atoms with van der Waals surface area (Å²) in [5.74, 6) is -0.665. The minimum absolute atomic E-state index is 0. The number of aryl methyl sites for hydroxylation is 2. The molecule has 0 aliphatic carbocycles. The fourth-order valence-electron chi connectivity index (χ4n) is 6.57. The molecule has 0 saturated heterocycles. The van der Waals surface area contributed by atoms with Crippen molar-refractivity contribution in [2.45, 2.75) is 53.2 Å². The molecule has 0 amide bonds. The average Bonchev–Trinajstić information content (AvgIpc) is 3.47. The second-order valence-electron chi connectivity index (χ2n) is 13.9. The first-order valence-corrected chi connectivity index (χ1v) is 20.8. The van der Waals surface area contributed by atoms with Gasteiger partial charge < -0.3 is 9.97 Å². The van der Waals surface area contributed by atoms with Gasteiger partial charge in [0, 0.05) is 38.6 Å². The Morgan fingerprint density at radius 1 is 0.714 bits per heavy atom. The predicted molar refractivity (Wildman–Crippen MR) is 211 cm³/mol. The summed E-state index contributed by atoms with van der Waals surface area (Å²) in [5.41, 5.74) is 7.57. The molecule has 0 aliphatic rings. The standard InChI is InChI=1S/C29H22NS.C15H18NSi.Ir/c1-17(2)19-13-14-30-27(16-19)26-6-4-5-23-25-12-11-22-21-9-7-18(3)15-20(21)8-10-24(22)28(25)31-29(23)26;1-12-10-14(13-8-6-5-7-9-13)16-11-15(12)17(2,3)4;/h4-5,7-17H,1-3H3;5-8,10-11H,1-4H3;/q2*-1;/i17D;;. The molecule has 0 bridgehead atoms. The van der Waals surface area contributed by atoms with Gasteiger partial charge in [0.1, 0.15) is 0 Å². The number of rotatable bonds is 4. The Balaban J connectivity index is 0.000000204. The van der Waals surface area contributed by atoms with Crippen molar-refractivity contribution in [1.29, 1.82) is 0 Å². The molecule has 5 aromatic carbocycles. The third-order valence-corrected chi connectivity index (χ3v) is 12.5. The second kappa shape index (κ2) is 14.1. The topological polar surface area (TPSA) is 25.8 Å². The van der Waals surface area contributed by atoms with Crippen LogP contribution in [0, 0.1) is 26.0 Å². The Kier molecular flexibility index (Phi) is 9.63. The molecule has 0 atom stereocenters. The Hall–Kier alpha value is -3.99. The monoisotopic (exact) mass is 850 g/mol. The number of benzene rings is 5. The maximum absolute atomic E-state index is 8.42. The number of pyridine rings is 2. The molecule has 0 aliphatic heterocycles.